The SMILES string of the molecule is CCCCCCCCCCCCCCCC(O)CC(CCC)S(=O)(=O)[O-].[Na+]. The molecule has 27 heavy (non-hydrogen) atoms. The van der Waals surface area contributed by atoms with Gasteiger partial charge in [0.05, 0.1) is 21.5 Å². The molecule has 0 radical (unpaired) electrons. The van der Waals surface area contributed by atoms with Crippen LogP contribution in [0.2, 0.25) is 0 Å². The molecule has 4 nitrogen and oxygen atoms in total. The number of aliphatic hydroxyl groups is 1. The van der Waals surface area contributed by atoms with Gasteiger partial charge in [-0.2, -0.15) is 0 Å². The van der Waals surface area contributed by atoms with Crippen molar-refractivity contribution in [1.29, 1.82) is 0 Å². The number of hydrogen-bond acceptors (Lipinski definition) is 4. The Bertz CT molecular complexity index is 401. The van der Waals surface area contributed by atoms with E-state index in [4.69, 9.17) is 0 Å². The summed E-state index contributed by atoms with van der Waals surface area (Å²) in [6.07, 6.45) is 17.7. The van der Waals surface area contributed by atoms with E-state index in [-0.39, 0.29) is 36.0 Å². The van der Waals surface area contributed by atoms with E-state index in [0.717, 1.165) is 12.8 Å². The molecule has 2 atom stereocenters. The minimum Gasteiger partial charge on any atom is -0.748 e. The van der Waals surface area contributed by atoms with E-state index in [1.807, 2.05) is 6.92 Å². The molecule has 0 aliphatic heterocycles. The van der Waals surface area contributed by atoms with Crippen molar-refractivity contribution in [2.75, 3.05) is 0 Å². The van der Waals surface area contributed by atoms with Crippen LogP contribution in [0.25, 0.3) is 0 Å². The largest absolute Gasteiger partial charge is 1.00 e. The van der Waals surface area contributed by atoms with Crippen molar-refractivity contribution in [3.05, 3.63) is 0 Å². The molecule has 0 fully saturated rings. The zero-order valence-electron chi connectivity index (χ0n) is 18.3. The Kier molecular flexibility index (Phi) is 22.4. The van der Waals surface area contributed by atoms with Gasteiger partial charge in [-0.1, -0.05) is 104 Å². The maximum absolute atomic E-state index is 11.2. The zero-order valence-corrected chi connectivity index (χ0v) is 21.1. The molecule has 0 saturated carbocycles. The Morgan fingerprint density at radius 3 is 1.48 bits per heavy atom. The van der Waals surface area contributed by atoms with Crippen molar-refractivity contribution in [2.24, 2.45) is 0 Å². The molecule has 1 N–H and O–H groups in total. The third kappa shape index (κ3) is 19.9. The summed E-state index contributed by atoms with van der Waals surface area (Å²) in [7, 11) is -4.29. The molecule has 158 valence electrons. The molecule has 0 saturated heterocycles. The molecule has 0 aromatic heterocycles. The molecule has 0 amide bonds. The Morgan fingerprint density at radius 2 is 1.11 bits per heavy atom. The topological polar surface area (TPSA) is 77.4 Å². The molecule has 2 unspecified atom stereocenters. The summed E-state index contributed by atoms with van der Waals surface area (Å²) in [4.78, 5) is 0. The normalized spacial score (nSPS) is 13.9. The van der Waals surface area contributed by atoms with Crippen molar-refractivity contribution in [1.82, 2.24) is 0 Å². The van der Waals surface area contributed by atoms with Gasteiger partial charge < -0.3 is 9.66 Å². The van der Waals surface area contributed by atoms with Crippen LogP contribution in [-0.2, 0) is 10.1 Å². The standard InChI is InChI=1S/C21H44O4S.Na/c1-3-5-6-7-8-9-10-11-12-13-14-15-16-18-20(22)19-21(17-4-2)26(23,24)25;/h20-22H,3-19H2,1-2H3,(H,23,24,25);/q;+1/p-1. The Hall–Kier alpha value is 0.870. The van der Waals surface area contributed by atoms with Gasteiger partial charge in [0.1, 0.15) is 0 Å². The minimum atomic E-state index is -4.29. The van der Waals surface area contributed by atoms with Crippen LogP contribution in [0.4, 0.5) is 0 Å². The summed E-state index contributed by atoms with van der Waals surface area (Å²) in [5.41, 5.74) is 0. The van der Waals surface area contributed by atoms with Crippen molar-refractivity contribution in [2.45, 2.75) is 134 Å². The Morgan fingerprint density at radius 1 is 0.704 bits per heavy atom. The Labute approximate surface area is 191 Å². The van der Waals surface area contributed by atoms with Gasteiger partial charge >= 0.3 is 29.6 Å². The molecular formula is C21H43NaO4S. The number of hydrogen-bond donors (Lipinski definition) is 1. The summed E-state index contributed by atoms with van der Waals surface area (Å²) in [6, 6.07) is 0. The van der Waals surface area contributed by atoms with Gasteiger partial charge in [0.25, 0.3) is 0 Å². The average Bonchev–Trinajstić information content (AvgIpc) is 2.58. The molecule has 0 aliphatic rings. The second-order valence-corrected chi connectivity index (χ2v) is 9.48. The fraction of sp³-hybridized carbons (Fsp3) is 1.00. The molecule has 0 heterocycles. The van der Waals surface area contributed by atoms with Crippen LogP contribution in [0.1, 0.15) is 123 Å². The third-order valence-corrected chi connectivity index (χ3v) is 6.44. The third-order valence-electron chi connectivity index (χ3n) is 5.19. The number of aliphatic hydroxyl groups excluding tert-OH is 1. The van der Waals surface area contributed by atoms with Gasteiger partial charge in [-0.25, -0.2) is 8.42 Å². The molecule has 0 rings (SSSR count). The smallest absolute Gasteiger partial charge is 0.748 e. The van der Waals surface area contributed by atoms with Crippen LogP contribution >= 0.6 is 0 Å². The minimum absolute atomic E-state index is 0. The van der Waals surface area contributed by atoms with Gasteiger partial charge in [-0.3, -0.25) is 0 Å². The zero-order chi connectivity index (χ0) is 19.7. The first kappa shape index (κ1) is 30.1. The maximum atomic E-state index is 11.2. The van der Waals surface area contributed by atoms with Crippen molar-refractivity contribution in [3.63, 3.8) is 0 Å². The van der Waals surface area contributed by atoms with Crippen LogP contribution < -0.4 is 29.6 Å². The van der Waals surface area contributed by atoms with Gasteiger partial charge in [0, 0.05) is 0 Å². The van der Waals surface area contributed by atoms with Gasteiger partial charge in [0.2, 0.25) is 0 Å². The van der Waals surface area contributed by atoms with Gasteiger partial charge in [0.15, 0.2) is 0 Å². The molecule has 0 aromatic carbocycles. The second-order valence-electron chi connectivity index (χ2n) is 7.82. The van der Waals surface area contributed by atoms with Crippen molar-refractivity contribution >= 4 is 10.1 Å². The molecule has 0 spiro atoms. The van der Waals surface area contributed by atoms with E-state index in [9.17, 15) is 18.1 Å². The van der Waals surface area contributed by atoms with Gasteiger partial charge in [-0.05, 0) is 19.3 Å². The monoisotopic (exact) mass is 414 g/mol. The van der Waals surface area contributed by atoms with Crippen LogP contribution in [0.15, 0.2) is 0 Å². The van der Waals surface area contributed by atoms with Crippen molar-refractivity contribution in [3.8, 4) is 0 Å². The Balaban J connectivity index is 0. The predicted molar refractivity (Wildman–Crippen MR) is 109 cm³/mol. The molecule has 0 bridgehead atoms. The number of unbranched alkanes of at least 4 members (excludes halogenated alkanes) is 12. The molecular weight excluding hydrogens is 371 g/mol. The van der Waals surface area contributed by atoms with Gasteiger partial charge in [-0.15, -0.1) is 0 Å². The first-order valence-electron chi connectivity index (χ1n) is 11.0. The van der Waals surface area contributed by atoms with E-state index in [1.165, 1.54) is 70.6 Å². The quantitative estimate of drug-likeness (QED) is 0.200. The molecule has 0 aromatic rings. The molecule has 6 heteroatoms. The molecule has 0 aliphatic carbocycles. The predicted octanol–water partition coefficient (Wildman–Crippen LogP) is 2.94. The summed E-state index contributed by atoms with van der Waals surface area (Å²) >= 11 is 0. The fourth-order valence-corrected chi connectivity index (χ4v) is 4.50. The first-order valence-corrected chi connectivity index (χ1v) is 12.5. The van der Waals surface area contributed by atoms with E-state index in [2.05, 4.69) is 6.92 Å². The van der Waals surface area contributed by atoms with Crippen LogP contribution in [0.5, 0.6) is 0 Å². The second kappa shape index (κ2) is 20.2. The van der Waals surface area contributed by atoms with E-state index in [1.54, 1.807) is 0 Å². The van der Waals surface area contributed by atoms with Crippen molar-refractivity contribution < 1.29 is 47.6 Å². The number of rotatable bonds is 19. The van der Waals surface area contributed by atoms with E-state index >= 15 is 0 Å². The fourth-order valence-electron chi connectivity index (χ4n) is 3.52. The summed E-state index contributed by atoms with van der Waals surface area (Å²) in [6.45, 7) is 4.11. The summed E-state index contributed by atoms with van der Waals surface area (Å²) < 4.78 is 33.5. The average molecular weight is 415 g/mol. The summed E-state index contributed by atoms with van der Waals surface area (Å²) in [5, 5.41) is 9.06. The van der Waals surface area contributed by atoms with Crippen LogP contribution in [-0.4, -0.2) is 29.4 Å². The van der Waals surface area contributed by atoms with E-state index < -0.39 is 21.5 Å². The van der Waals surface area contributed by atoms with Crippen LogP contribution in [0, 0.1) is 0 Å². The summed E-state index contributed by atoms with van der Waals surface area (Å²) in [5.74, 6) is 0. The maximum Gasteiger partial charge on any atom is 1.00 e. The van der Waals surface area contributed by atoms with E-state index in [0.29, 0.717) is 19.3 Å². The van der Waals surface area contributed by atoms with Crippen LogP contribution in [0.3, 0.4) is 0 Å². The first-order chi connectivity index (χ1) is 12.4.